The quantitative estimate of drug-likeness (QED) is 0.317. The van der Waals surface area contributed by atoms with Crippen molar-refractivity contribution in [1.29, 1.82) is 0 Å². The van der Waals surface area contributed by atoms with Gasteiger partial charge in [0.1, 0.15) is 11.3 Å². The highest BCUT2D eigenvalue weighted by Crippen LogP contribution is 2.37. The molecule has 0 bridgehead atoms. The molecule has 0 aliphatic heterocycles. The van der Waals surface area contributed by atoms with Crippen LogP contribution in [0.5, 0.6) is 11.5 Å². The highest BCUT2D eigenvalue weighted by molar-refractivity contribution is 5.98. The number of carboxylic acids is 1. The SMILES string of the molecule is COc1cc(/C=C/c2ccccc2)c(C(=O)O)c(OC(C)=O)c1CC=C(C)C. The first-order valence-corrected chi connectivity index (χ1v) is 8.85. The molecule has 0 fully saturated rings. The van der Waals surface area contributed by atoms with Crippen molar-refractivity contribution >= 4 is 24.1 Å². The van der Waals surface area contributed by atoms with Crippen LogP contribution in [0.1, 0.15) is 47.8 Å². The number of hydrogen-bond donors (Lipinski definition) is 1. The normalized spacial score (nSPS) is 10.6. The zero-order chi connectivity index (χ0) is 20.7. The molecule has 5 heteroatoms. The molecule has 0 atom stereocenters. The maximum absolute atomic E-state index is 12.0. The number of carbonyl (C=O) groups is 2. The van der Waals surface area contributed by atoms with Gasteiger partial charge in [0.25, 0.3) is 0 Å². The summed E-state index contributed by atoms with van der Waals surface area (Å²) in [5.41, 5.74) is 2.82. The molecular formula is C23H24O5. The highest BCUT2D eigenvalue weighted by atomic mass is 16.5. The number of benzene rings is 2. The molecule has 0 saturated heterocycles. The van der Waals surface area contributed by atoms with Crippen LogP contribution in [0.4, 0.5) is 0 Å². The number of esters is 1. The lowest BCUT2D eigenvalue weighted by molar-refractivity contribution is -0.131. The zero-order valence-corrected chi connectivity index (χ0v) is 16.5. The van der Waals surface area contributed by atoms with Gasteiger partial charge in [0.2, 0.25) is 0 Å². The van der Waals surface area contributed by atoms with E-state index >= 15 is 0 Å². The predicted molar refractivity (Wildman–Crippen MR) is 110 cm³/mol. The topological polar surface area (TPSA) is 72.8 Å². The van der Waals surface area contributed by atoms with Gasteiger partial charge in [-0.1, -0.05) is 54.1 Å². The molecule has 146 valence electrons. The number of methoxy groups -OCH3 is 1. The van der Waals surface area contributed by atoms with Gasteiger partial charge in [-0.3, -0.25) is 4.79 Å². The number of hydrogen-bond acceptors (Lipinski definition) is 4. The Bertz CT molecular complexity index is 920. The minimum Gasteiger partial charge on any atom is -0.496 e. The number of carboxylic acid groups (broad SMARTS) is 1. The van der Waals surface area contributed by atoms with Crippen molar-refractivity contribution in [2.45, 2.75) is 27.2 Å². The van der Waals surface area contributed by atoms with Crippen molar-refractivity contribution in [3.05, 3.63) is 70.3 Å². The summed E-state index contributed by atoms with van der Waals surface area (Å²) in [6.07, 6.45) is 5.79. The van der Waals surface area contributed by atoms with E-state index < -0.39 is 11.9 Å². The van der Waals surface area contributed by atoms with Crippen LogP contribution in [-0.4, -0.2) is 24.2 Å². The number of ether oxygens (including phenoxy) is 2. The van der Waals surface area contributed by atoms with E-state index in [1.54, 1.807) is 18.2 Å². The van der Waals surface area contributed by atoms with Gasteiger partial charge in [0, 0.05) is 12.5 Å². The Balaban J connectivity index is 2.70. The van der Waals surface area contributed by atoms with E-state index in [4.69, 9.17) is 9.47 Å². The Morgan fingerprint density at radius 2 is 1.75 bits per heavy atom. The first-order chi connectivity index (χ1) is 13.3. The molecule has 0 aromatic heterocycles. The minimum absolute atomic E-state index is 0.0181. The van der Waals surface area contributed by atoms with E-state index in [2.05, 4.69) is 0 Å². The summed E-state index contributed by atoms with van der Waals surface area (Å²) in [6.45, 7) is 5.12. The minimum atomic E-state index is -1.18. The van der Waals surface area contributed by atoms with Crippen molar-refractivity contribution in [2.75, 3.05) is 7.11 Å². The molecule has 28 heavy (non-hydrogen) atoms. The number of aromatic carboxylic acids is 1. The summed E-state index contributed by atoms with van der Waals surface area (Å²) < 4.78 is 10.8. The molecule has 2 aromatic rings. The van der Waals surface area contributed by atoms with Crippen molar-refractivity contribution in [3.63, 3.8) is 0 Å². The van der Waals surface area contributed by atoms with Gasteiger partial charge < -0.3 is 14.6 Å². The lowest BCUT2D eigenvalue weighted by atomic mass is 9.97. The van der Waals surface area contributed by atoms with Gasteiger partial charge in [0.15, 0.2) is 5.75 Å². The molecule has 1 N–H and O–H groups in total. The van der Waals surface area contributed by atoms with Gasteiger partial charge in [-0.25, -0.2) is 4.79 Å². The molecule has 2 aromatic carbocycles. The van der Waals surface area contributed by atoms with Crippen molar-refractivity contribution in [2.24, 2.45) is 0 Å². The van der Waals surface area contributed by atoms with E-state index in [1.807, 2.05) is 50.3 Å². The third-order valence-electron chi connectivity index (χ3n) is 4.02. The van der Waals surface area contributed by atoms with E-state index in [0.717, 1.165) is 11.1 Å². The fraction of sp³-hybridized carbons (Fsp3) is 0.217. The first-order valence-electron chi connectivity index (χ1n) is 8.85. The second-order valence-electron chi connectivity index (χ2n) is 6.48. The summed E-state index contributed by atoms with van der Waals surface area (Å²) in [7, 11) is 1.50. The number of rotatable bonds is 7. The van der Waals surface area contributed by atoms with Crippen molar-refractivity contribution < 1.29 is 24.2 Å². The Labute approximate surface area is 164 Å². The summed E-state index contributed by atoms with van der Waals surface area (Å²) in [5.74, 6) is -1.28. The number of carbonyl (C=O) groups excluding carboxylic acids is 1. The van der Waals surface area contributed by atoms with Crippen molar-refractivity contribution in [1.82, 2.24) is 0 Å². The van der Waals surface area contributed by atoms with Crippen molar-refractivity contribution in [3.8, 4) is 11.5 Å². The Kier molecular flexibility index (Phi) is 7.15. The van der Waals surface area contributed by atoms with Crippen LogP contribution in [-0.2, 0) is 11.2 Å². The second-order valence-corrected chi connectivity index (χ2v) is 6.48. The summed E-state index contributed by atoms with van der Waals surface area (Å²) in [4.78, 5) is 23.7. The molecule has 5 nitrogen and oxygen atoms in total. The Morgan fingerprint density at radius 1 is 1.07 bits per heavy atom. The maximum atomic E-state index is 12.0. The Hall–Kier alpha value is -3.34. The monoisotopic (exact) mass is 380 g/mol. The van der Waals surface area contributed by atoms with Crippen LogP contribution in [0, 0.1) is 0 Å². The van der Waals surface area contributed by atoms with Crippen LogP contribution in [0.15, 0.2) is 48.0 Å². The molecule has 0 saturated carbocycles. The van der Waals surface area contributed by atoms with Crippen LogP contribution in [0.3, 0.4) is 0 Å². The third kappa shape index (κ3) is 5.33. The standard InChI is InChI=1S/C23H24O5/c1-15(2)10-13-19-20(27-4)14-18(12-11-17-8-6-5-7-9-17)21(23(25)26)22(19)28-16(3)24/h5-12,14H,13H2,1-4H3,(H,25,26)/b12-11+. The van der Waals surface area contributed by atoms with E-state index in [1.165, 1.54) is 14.0 Å². The van der Waals surface area contributed by atoms with E-state index in [9.17, 15) is 14.7 Å². The molecule has 0 aliphatic rings. The van der Waals surface area contributed by atoms with Gasteiger partial charge in [-0.15, -0.1) is 0 Å². The third-order valence-corrected chi connectivity index (χ3v) is 4.02. The molecule has 0 amide bonds. The van der Waals surface area contributed by atoms with E-state index in [0.29, 0.717) is 23.3 Å². The average Bonchev–Trinajstić information content (AvgIpc) is 2.64. The van der Waals surface area contributed by atoms with Crippen LogP contribution >= 0.6 is 0 Å². The lowest BCUT2D eigenvalue weighted by Gasteiger charge is -2.17. The van der Waals surface area contributed by atoms with Gasteiger partial charge in [0.05, 0.1) is 7.11 Å². The molecule has 2 rings (SSSR count). The predicted octanol–water partition coefficient (Wildman–Crippen LogP) is 5.00. The first kappa shape index (κ1) is 21.0. The zero-order valence-electron chi connectivity index (χ0n) is 16.5. The van der Waals surface area contributed by atoms with Crippen LogP contribution in [0.2, 0.25) is 0 Å². The lowest BCUT2D eigenvalue weighted by Crippen LogP contribution is -2.12. The molecule has 0 heterocycles. The molecule has 0 aliphatic carbocycles. The van der Waals surface area contributed by atoms with Crippen LogP contribution in [0.25, 0.3) is 12.2 Å². The fourth-order valence-electron chi connectivity index (χ4n) is 2.73. The second kappa shape index (κ2) is 9.55. The van der Waals surface area contributed by atoms with Gasteiger partial charge in [-0.2, -0.15) is 0 Å². The van der Waals surface area contributed by atoms with Gasteiger partial charge in [-0.05, 0) is 37.5 Å². The highest BCUT2D eigenvalue weighted by Gasteiger charge is 2.24. The smallest absolute Gasteiger partial charge is 0.340 e. The summed E-state index contributed by atoms with van der Waals surface area (Å²) in [6, 6.07) is 11.2. The molecule has 0 radical (unpaired) electrons. The average molecular weight is 380 g/mol. The van der Waals surface area contributed by atoms with E-state index in [-0.39, 0.29) is 11.3 Å². The molecule has 0 unspecified atom stereocenters. The number of allylic oxidation sites excluding steroid dienone is 2. The molecular weight excluding hydrogens is 356 g/mol. The molecule has 0 spiro atoms. The largest absolute Gasteiger partial charge is 0.496 e. The summed E-state index contributed by atoms with van der Waals surface area (Å²) in [5, 5.41) is 9.84. The van der Waals surface area contributed by atoms with Gasteiger partial charge >= 0.3 is 11.9 Å². The fourth-order valence-corrected chi connectivity index (χ4v) is 2.73. The maximum Gasteiger partial charge on any atom is 0.340 e. The Morgan fingerprint density at radius 3 is 2.29 bits per heavy atom. The summed E-state index contributed by atoms with van der Waals surface area (Å²) >= 11 is 0. The van der Waals surface area contributed by atoms with Crippen LogP contribution < -0.4 is 9.47 Å².